The number of carboxylic acid groups (broad SMARTS) is 2. The molecule has 0 radical (unpaired) electrons. The summed E-state index contributed by atoms with van der Waals surface area (Å²) in [6.07, 6.45) is 0.976. The number of guanidine groups is 1. The number of nitrogens with two attached hydrogens (primary N) is 2. The zero-order valence-electron chi connectivity index (χ0n) is 9.67. The third-order valence-corrected chi connectivity index (χ3v) is 1.44. The molecule has 0 spiro atoms. The van der Waals surface area contributed by atoms with Gasteiger partial charge in [-0.3, -0.25) is 14.8 Å². The van der Waals surface area contributed by atoms with Gasteiger partial charge < -0.3 is 21.7 Å². The maximum Gasteiger partial charge on any atom is 0.328 e. The Kier molecular flexibility index (Phi) is 10.6. The van der Waals surface area contributed by atoms with Crippen LogP contribution in [0.15, 0.2) is 9.98 Å². The third kappa shape index (κ3) is 16.5. The zero-order chi connectivity index (χ0) is 13.8. The Morgan fingerprint density at radius 3 is 2.12 bits per heavy atom. The maximum absolute atomic E-state index is 10.4. The summed E-state index contributed by atoms with van der Waals surface area (Å²) < 4.78 is 0. The molecule has 98 valence electrons. The van der Waals surface area contributed by atoms with Gasteiger partial charge >= 0.3 is 5.97 Å². The van der Waals surface area contributed by atoms with E-state index in [2.05, 4.69) is 16.7 Å². The monoisotopic (exact) mass is 246 g/mol. The minimum Gasteiger partial charge on any atom is -0.481 e. The first kappa shape index (κ1) is 17.3. The number of hydrogen-bond donors (Lipinski definition) is 4. The summed E-state index contributed by atoms with van der Waals surface area (Å²) in [5.41, 5.74) is 10.2. The Morgan fingerprint density at radius 2 is 1.82 bits per heavy atom. The number of carbonyl (C=O) groups is 2. The summed E-state index contributed by atoms with van der Waals surface area (Å²) in [6, 6.07) is -0.755. The molecule has 0 aromatic heterocycles. The van der Waals surface area contributed by atoms with E-state index in [4.69, 9.17) is 26.5 Å². The van der Waals surface area contributed by atoms with Crippen molar-refractivity contribution in [3.63, 3.8) is 0 Å². The van der Waals surface area contributed by atoms with Crippen LogP contribution in [0.3, 0.4) is 0 Å². The van der Waals surface area contributed by atoms with Crippen molar-refractivity contribution < 1.29 is 19.8 Å². The highest BCUT2D eigenvalue weighted by Crippen LogP contribution is 2.01. The molecule has 8 nitrogen and oxygen atoms in total. The van der Waals surface area contributed by atoms with Crippen LogP contribution in [0.25, 0.3) is 0 Å². The largest absolute Gasteiger partial charge is 0.481 e. The second-order valence-electron chi connectivity index (χ2n) is 3.00. The molecule has 0 aliphatic carbocycles. The van der Waals surface area contributed by atoms with E-state index in [1.54, 1.807) is 0 Å². The van der Waals surface area contributed by atoms with Crippen LogP contribution in [0.4, 0.5) is 0 Å². The standard InChI is InChI=1S/C7H14N4O2.C2H4O2/c1-10-5(6(12)13)3-2-4-11-7(8)9;1-2(3)4/h5H,1-4H2,(H,12,13)(H4,8,9,11);1H3,(H,3,4)/t5-;/m0./s1. The Balaban J connectivity index is 0. The molecule has 0 saturated carbocycles. The molecule has 0 aromatic carbocycles. The van der Waals surface area contributed by atoms with Gasteiger partial charge in [-0.05, 0) is 19.6 Å². The van der Waals surface area contributed by atoms with Gasteiger partial charge in [0.05, 0.1) is 0 Å². The molecule has 17 heavy (non-hydrogen) atoms. The summed E-state index contributed by atoms with van der Waals surface area (Å²) >= 11 is 0. The van der Waals surface area contributed by atoms with Crippen LogP contribution in [-0.2, 0) is 9.59 Å². The number of nitrogens with zero attached hydrogens (tertiary/aromatic N) is 2. The quantitative estimate of drug-likeness (QED) is 0.276. The van der Waals surface area contributed by atoms with Crippen molar-refractivity contribution in [2.75, 3.05) is 6.54 Å². The van der Waals surface area contributed by atoms with Crippen molar-refractivity contribution in [2.45, 2.75) is 25.8 Å². The lowest BCUT2D eigenvalue weighted by atomic mass is 10.2. The summed E-state index contributed by atoms with van der Waals surface area (Å²) in [5.74, 6) is -1.79. The molecule has 0 aromatic rings. The van der Waals surface area contributed by atoms with Gasteiger partial charge in [-0.15, -0.1) is 0 Å². The number of rotatable bonds is 6. The average molecular weight is 246 g/mol. The second-order valence-corrected chi connectivity index (χ2v) is 3.00. The molecular weight excluding hydrogens is 228 g/mol. The van der Waals surface area contributed by atoms with Gasteiger partial charge in [-0.25, -0.2) is 4.79 Å². The summed E-state index contributed by atoms with van der Waals surface area (Å²) in [7, 11) is 0. The highest BCUT2D eigenvalue weighted by molar-refractivity contribution is 5.75. The van der Waals surface area contributed by atoms with Gasteiger partial charge in [0.15, 0.2) is 5.96 Å². The van der Waals surface area contributed by atoms with Gasteiger partial charge in [0.1, 0.15) is 6.04 Å². The lowest BCUT2D eigenvalue weighted by Crippen LogP contribution is -2.23. The van der Waals surface area contributed by atoms with Crippen LogP contribution in [0.5, 0.6) is 0 Å². The lowest BCUT2D eigenvalue weighted by molar-refractivity contribution is -0.138. The van der Waals surface area contributed by atoms with Crippen molar-refractivity contribution in [1.82, 2.24) is 0 Å². The highest BCUT2D eigenvalue weighted by Gasteiger charge is 2.12. The Hall–Kier alpha value is -2.12. The molecule has 0 bridgehead atoms. The molecule has 8 heteroatoms. The second kappa shape index (κ2) is 10.4. The third-order valence-electron chi connectivity index (χ3n) is 1.44. The smallest absolute Gasteiger partial charge is 0.328 e. The van der Waals surface area contributed by atoms with E-state index in [1.165, 1.54) is 0 Å². The zero-order valence-corrected chi connectivity index (χ0v) is 9.67. The summed E-state index contributed by atoms with van der Waals surface area (Å²) in [4.78, 5) is 26.6. The van der Waals surface area contributed by atoms with Gasteiger partial charge in [0.2, 0.25) is 0 Å². The fourth-order valence-electron chi connectivity index (χ4n) is 0.786. The molecular formula is C9H18N4O4. The average Bonchev–Trinajstić information content (AvgIpc) is 2.15. The first-order valence-corrected chi connectivity index (χ1v) is 4.74. The predicted octanol–water partition coefficient (Wildman–Crippen LogP) is -0.715. The van der Waals surface area contributed by atoms with Crippen LogP contribution in [0.2, 0.25) is 0 Å². The molecule has 0 heterocycles. The Morgan fingerprint density at radius 1 is 1.35 bits per heavy atom. The van der Waals surface area contributed by atoms with E-state index in [1.807, 2.05) is 0 Å². The fraction of sp³-hybridized carbons (Fsp3) is 0.556. The molecule has 0 amide bonds. The molecule has 0 fully saturated rings. The molecule has 6 N–H and O–H groups in total. The topological polar surface area (TPSA) is 151 Å². The van der Waals surface area contributed by atoms with Gasteiger partial charge in [-0.1, -0.05) is 0 Å². The van der Waals surface area contributed by atoms with Gasteiger partial charge in [0.25, 0.3) is 5.97 Å². The first-order chi connectivity index (χ1) is 7.81. The number of carboxylic acids is 2. The van der Waals surface area contributed by atoms with E-state index in [0.717, 1.165) is 6.92 Å². The van der Waals surface area contributed by atoms with Crippen LogP contribution >= 0.6 is 0 Å². The van der Waals surface area contributed by atoms with Crippen molar-refractivity contribution in [1.29, 1.82) is 0 Å². The molecule has 1 atom stereocenters. The fourth-order valence-corrected chi connectivity index (χ4v) is 0.786. The Labute approximate surface area is 99.0 Å². The highest BCUT2D eigenvalue weighted by atomic mass is 16.4. The molecule has 0 rings (SSSR count). The minimum absolute atomic E-state index is 0.0124. The van der Waals surface area contributed by atoms with Crippen molar-refractivity contribution in [3.05, 3.63) is 0 Å². The lowest BCUT2D eigenvalue weighted by Gasteiger charge is -2.04. The van der Waals surface area contributed by atoms with Crippen molar-refractivity contribution in [3.8, 4) is 0 Å². The van der Waals surface area contributed by atoms with E-state index in [-0.39, 0.29) is 5.96 Å². The summed E-state index contributed by atoms with van der Waals surface area (Å²) in [6.45, 7) is 4.68. The SMILES string of the molecule is C=N[C@@H](CCCN=C(N)N)C(=O)O.CC(=O)O. The predicted molar refractivity (Wildman–Crippen MR) is 64.2 cm³/mol. The van der Waals surface area contributed by atoms with Gasteiger partial charge in [0, 0.05) is 13.5 Å². The van der Waals surface area contributed by atoms with E-state index in [9.17, 15) is 4.79 Å². The molecule has 0 aliphatic rings. The van der Waals surface area contributed by atoms with E-state index in [0.29, 0.717) is 19.4 Å². The Bertz CT molecular complexity index is 283. The van der Waals surface area contributed by atoms with Gasteiger partial charge in [-0.2, -0.15) is 0 Å². The van der Waals surface area contributed by atoms with Crippen LogP contribution < -0.4 is 11.5 Å². The van der Waals surface area contributed by atoms with E-state index < -0.39 is 18.0 Å². The molecule has 0 aliphatic heterocycles. The van der Waals surface area contributed by atoms with Crippen LogP contribution in [0.1, 0.15) is 19.8 Å². The van der Waals surface area contributed by atoms with Crippen LogP contribution in [-0.4, -0.2) is 47.4 Å². The normalized spacial score (nSPS) is 10.4. The molecule has 0 saturated heterocycles. The van der Waals surface area contributed by atoms with Crippen LogP contribution in [0, 0.1) is 0 Å². The number of hydrogen-bond acceptors (Lipinski definition) is 4. The van der Waals surface area contributed by atoms with E-state index >= 15 is 0 Å². The maximum atomic E-state index is 10.4. The summed E-state index contributed by atoms with van der Waals surface area (Å²) in [5, 5.41) is 16.0. The number of aliphatic imine (C=N–C) groups is 2. The first-order valence-electron chi connectivity index (χ1n) is 4.74. The minimum atomic E-state index is -0.972. The van der Waals surface area contributed by atoms with Crippen molar-refractivity contribution >= 4 is 24.6 Å². The molecule has 0 unspecified atom stereocenters. The van der Waals surface area contributed by atoms with Crippen molar-refractivity contribution in [2.24, 2.45) is 21.5 Å². The number of aliphatic carboxylic acids is 2.